The second kappa shape index (κ2) is 6.05. The second-order valence-electron chi connectivity index (χ2n) is 4.55. The molecular weight excluding hydrogens is 236 g/mol. The fourth-order valence-electron chi connectivity index (χ4n) is 1.86. The molecule has 3 nitrogen and oxygen atoms in total. The third-order valence-corrected chi connectivity index (χ3v) is 2.89. The average molecular weight is 254 g/mol. The third kappa shape index (κ3) is 3.85. The van der Waals surface area contributed by atoms with Crippen LogP contribution in [0, 0.1) is 6.92 Å². The van der Waals surface area contributed by atoms with Gasteiger partial charge in [0.05, 0.1) is 0 Å². The van der Waals surface area contributed by atoms with Gasteiger partial charge in [-0.1, -0.05) is 36.4 Å². The number of aryl methyl sites for hydroxylation is 1. The Morgan fingerprint density at radius 1 is 1.11 bits per heavy atom. The van der Waals surface area contributed by atoms with Gasteiger partial charge in [-0.3, -0.25) is 4.79 Å². The Morgan fingerprint density at radius 3 is 2.53 bits per heavy atom. The number of nitrogens with one attached hydrogen (secondary N) is 2. The van der Waals surface area contributed by atoms with Crippen molar-refractivity contribution >= 4 is 17.3 Å². The van der Waals surface area contributed by atoms with Gasteiger partial charge in [0.1, 0.15) is 0 Å². The van der Waals surface area contributed by atoms with Gasteiger partial charge in [-0.15, -0.1) is 0 Å². The van der Waals surface area contributed by atoms with E-state index < -0.39 is 0 Å². The van der Waals surface area contributed by atoms with E-state index in [1.165, 1.54) is 12.5 Å². The highest BCUT2D eigenvalue weighted by atomic mass is 16.1. The van der Waals surface area contributed by atoms with Crippen LogP contribution >= 0.6 is 0 Å². The van der Waals surface area contributed by atoms with E-state index in [0.717, 1.165) is 23.5 Å². The Morgan fingerprint density at radius 2 is 1.84 bits per heavy atom. The first-order valence-corrected chi connectivity index (χ1v) is 6.31. The van der Waals surface area contributed by atoms with Gasteiger partial charge in [0.25, 0.3) is 0 Å². The van der Waals surface area contributed by atoms with Gasteiger partial charge in [0.15, 0.2) is 0 Å². The van der Waals surface area contributed by atoms with E-state index in [1.807, 2.05) is 43.3 Å². The molecule has 19 heavy (non-hydrogen) atoms. The summed E-state index contributed by atoms with van der Waals surface area (Å²) in [7, 11) is 0. The van der Waals surface area contributed by atoms with Gasteiger partial charge in [0.2, 0.25) is 5.91 Å². The Balaban J connectivity index is 2.06. The highest BCUT2D eigenvalue weighted by Crippen LogP contribution is 2.20. The molecule has 0 aliphatic heterocycles. The van der Waals surface area contributed by atoms with Gasteiger partial charge < -0.3 is 10.6 Å². The molecule has 0 aliphatic rings. The van der Waals surface area contributed by atoms with Crippen molar-refractivity contribution in [1.82, 2.24) is 0 Å². The minimum absolute atomic E-state index is 0.0525. The van der Waals surface area contributed by atoms with Crippen molar-refractivity contribution in [2.45, 2.75) is 20.4 Å². The van der Waals surface area contributed by atoms with Crippen LogP contribution in [0.2, 0.25) is 0 Å². The number of benzene rings is 2. The molecule has 0 saturated carbocycles. The SMILES string of the molecule is CC(=O)Nc1cc(NCc2ccccc2)ccc1C. The smallest absolute Gasteiger partial charge is 0.221 e. The number of anilines is 2. The first-order valence-electron chi connectivity index (χ1n) is 6.31. The zero-order chi connectivity index (χ0) is 13.7. The quantitative estimate of drug-likeness (QED) is 0.875. The summed E-state index contributed by atoms with van der Waals surface area (Å²) in [5, 5.41) is 6.18. The number of carbonyl (C=O) groups is 1. The fourth-order valence-corrected chi connectivity index (χ4v) is 1.86. The molecule has 0 spiro atoms. The van der Waals surface area contributed by atoms with Gasteiger partial charge in [-0.2, -0.15) is 0 Å². The maximum atomic E-state index is 11.1. The maximum absolute atomic E-state index is 11.1. The molecule has 98 valence electrons. The predicted octanol–water partition coefficient (Wildman–Crippen LogP) is 3.57. The van der Waals surface area contributed by atoms with E-state index in [0.29, 0.717) is 0 Å². The molecule has 3 heteroatoms. The highest BCUT2D eigenvalue weighted by molar-refractivity contribution is 5.90. The number of hydrogen-bond donors (Lipinski definition) is 2. The van der Waals surface area contributed by atoms with Crippen LogP contribution in [0.15, 0.2) is 48.5 Å². The zero-order valence-corrected chi connectivity index (χ0v) is 11.2. The van der Waals surface area contributed by atoms with Crippen LogP contribution in [0.5, 0.6) is 0 Å². The van der Waals surface area contributed by atoms with Crippen molar-refractivity contribution in [1.29, 1.82) is 0 Å². The average Bonchev–Trinajstić information content (AvgIpc) is 2.40. The lowest BCUT2D eigenvalue weighted by Gasteiger charge is -2.11. The molecule has 2 N–H and O–H groups in total. The van der Waals surface area contributed by atoms with E-state index in [9.17, 15) is 4.79 Å². The number of rotatable bonds is 4. The lowest BCUT2D eigenvalue weighted by atomic mass is 10.1. The number of amides is 1. The van der Waals surface area contributed by atoms with Crippen molar-refractivity contribution in [3.63, 3.8) is 0 Å². The summed E-state index contributed by atoms with van der Waals surface area (Å²) in [6.07, 6.45) is 0. The van der Waals surface area contributed by atoms with E-state index >= 15 is 0 Å². The van der Waals surface area contributed by atoms with E-state index in [-0.39, 0.29) is 5.91 Å². The van der Waals surface area contributed by atoms with Gasteiger partial charge in [-0.05, 0) is 30.2 Å². The molecule has 0 aliphatic carbocycles. The Hall–Kier alpha value is -2.29. The summed E-state index contributed by atoms with van der Waals surface area (Å²) in [4.78, 5) is 11.1. The lowest BCUT2D eigenvalue weighted by molar-refractivity contribution is -0.114. The van der Waals surface area contributed by atoms with Gasteiger partial charge in [-0.25, -0.2) is 0 Å². The molecule has 0 unspecified atom stereocenters. The Labute approximate surface area is 113 Å². The van der Waals surface area contributed by atoms with Crippen LogP contribution in [0.4, 0.5) is 11.4 Å². The van der Waals surface area contributed by atoms with Crippen molar-refractivity contribution in [3.8, 4) is 0 Å². The van der Waals surface area contributed by atoms with Crippen molar-refractivity contribution in [2.24, 2.45) is 0 Å². The van der Waals surface area contributed by atoms with Crippen LogP contribution in [0.3, 0.4) is 0 Å². The summed E-state index contributed by atoms with van der Waals surface area (Å²) in [6.45, 7) is 4.26. The largest absolute Gasteiger partial charge is 0.381 e. The summed E-state index contributed by atoms with van der Waals surface area (Å²) in [5.74, 6) is -0.0525. The molecule has 0 radical (unpaired) electrons. The lowest BCUT2D eigenvalue weighted by Crippen LogP contribution is -2.08. The third-order valence-electron chi connectivity index (χ3n) is 2.89. The maximum Gasteiger partial charge on any atom is 0.221 e. The molecular formula is C16H18N2O. The number of hydrogen-bond acceptors (Lipinski definition) is 2. The molecule has 0 aromatic heterocycles. The summed E-state index contributed by atoms with van der Waals surface area (Å²) >= 11 is 0. The van der Waals surface area contributed by atoms with Crippen LogP contribution < -0.4 is 10.6 Å². The van der Waals surface area contributed by atoms with Gasteiger partial charge >= 0.3 is 0 Å². The second-order valence-corrected chi connectivity index (χ2v) is 4.55. The van der Waals surface area contributed by atoms with Gasteiger partial charge in [0, 0.05) is 24.8 Å². The van der Waals surface area contributed by atoms with E-state index in [2.05, 4.69) is 22.8 Å². The molecule has 1 amide bonds. The fraction of sp³-hybridized carbons (Fsp3) is 0.188. The highest BCUT2D eigenvalue weighted by Gasteiger charge is 2.02. The van der Waals surface area contributed by atoms with Crippen molar-refractivity contribution in [2.75, 3.05) is 10.6 Å². The molecule has 2 aromatic carbocycles. The summed E-state index contributed by atoms with van der Waals surface area (Å²) in [5.41, 5.74) is 4.13. The zero-order valence-electron chi connectivity index (χ0n) is 11.2. The van der Waals surface area contributed by atoms with Crippen molar-refractivity contribution < 1.29 is 4.79 Å². The molecule has 2 rings (SSSR count). The van der Waals surface area contributed by atoms with Crippen LogP contribution in [-0.2, 0) is 11.3 Å². The summed E-state index contributed by atoms with van der Waals surface area (Å²) in [6, 6.07) is 16.2. The first-order chi connectivity index (χ1) is 9.15. The van der Waals surface area contributed by atoms with E-state index in [1.54, 1.807) is 0 Å². The standard InChI is InChI=1S/C16H18N2O/c1-12-8-9-15(10-16(12)18-13(2)19)17-11-14-6-4-3-5-7-14/h3-10,17H,11H2,1-2H3,(H,18,19). The Kier molecular flexibility index (Phi) is 4.18. The van der Waals surface area contributed by atoms with Crippen LogP contribution in [0.25, 0.3) is 0 Å². The Bertz CT molecular complexity index is 564. The monoisotopic (exact) mass is 254 g/mol. The molecule has 0 atom stereocenters. The van der Waals surface area contributed by atoms with Crippen LogP contribution in [-0.4, -0.2) is 5.91 Å². The number of carbonyl (C=O) groups excluding carboxylic acids is 1. The molecule has 0 heterocycles. The molecule has 0 saturated heterocycles. The van der Waals surface area contributed by atoms with Crippen LogP contribution in [0.1, 0.15) is 18.1 Å². The predicted molar refractivity (Wildman–Crippen MR) is 79.3 cm³/mol. The van der Waals surface area contributed by atoms with E-state index in [4.69, 9.17) is 0 Å². The topological polar surface area (TPSA) is 41.1 Å². The molecule has 0 bridgehead atoms. The van der Waals surface area contributed by atoms with Crippen molar-refractivity contribution in [3.05, 3.63) is 59.7 Å². The molecule has 0 fully saturated rings. The minimum Gasteiger partial charge on any atom is -0.381 e. The normalized spacial score (nSPS) is 10.0. The first kappa shape index (κ1) is 13.1. The summed E-state index contributed by atoms with van der Waals surface area (Å²) < 4.78 is 0. The molecule has 2 aromatic rings. The minimum atomic E-state index is -0.0525.